The lowest BCUT2D eigenvalue weighted by Gasteiger charge is -2.37. The minimum Gasteiger partial charge on any atom is -0.463 e. The van der Waals surface area contributed by atoms with Crippen LogP contribution in [0.3, 0.4) is 0 Å². The molecule has 33 heavy (non-hydrogen) atoms. The monoisotopic (exact) mass is 506 g/mol. The Kier molecular flexibility index (Phi) is 8.18. The number of urea groups is 1. The topological polar surface area (TPSA) is 82.7 Å². The number of rotatable bonds is 6. The molecule has 2 aromatic rings. The van der Waals surface area contributed by atoms with Gasteiger partial charge in [-0.05, 0) is 68.9 Å². The summed E-state index contributed by atoms with van der Waals surface area (Å²) in [6.45, 7) is 6.44. The highest BCUT2D eigenvalue weighted by molar-refractivity contribution is 7.80. The molecule has 0 saturated heterocycles. The molecule has 3 N–H and O–H groups in total. The van der Waals surface area contributed by atoms with Crippen molar-refractivity contribution in [3.8, 4) is 0 Å². The molecule has 10 heteroatoms. The largest absolute Gasteiger partial charge is 0.463 e. The van der Waals surface area contributed by atoms with Crippen LogP contribution < -0.4 is 16.0 Å². The first-order chi connectivity index (χ1) is 15.7. The number of halogens is 2. The van der Waals surface area contributed by atoms with Crippen molar-refractivity contribution in [2.24, 2.45) is 0 Å². The van der Waals surface area contributed by atoms with Gasteiger partial charge in [0.25, 0.3) is 0 Å². The third kappa shape index (κ3) is 5.76. The summed E-state index contributed by atoms with van der Waals surface area (Å²) in [5.74, 6) is -0.415. The number of nitrogens with one attached hydrogen (secondary N) is 3. The van der Waals surface area contributed by atoms with Gasteiger partial charge in [-0.15, -0.1) is 0 Å². The van der Waals surface area contributed by atoms with Gasteiger partial charge in [0, 0.05) is 23.0 Å². The van der Waals surface area contributed by atoms with Crippen LogP contribution in [0.15, 0.2) is 53.7 Å². The molecule has 3 rings (SSSR count). The zero-order chi connectivity index (χ0) is 24.1. The van der Waals surface area contributed by atoms with Gasteiger partial charge in [0.05, 0.1) is 28.9 Å². The Balaban J connectivity index is 1.86. The minimum atomic E-state index is -0.519. The fourth-order valence-corrected chi connectivity index (χ4v) is 4.40. The number of allylic oxidation sites excluding steroid dienone is 1. The third-order valence-electron chi connectivity index (χ3n) is 5.07. The maximum atomic E-state index is 12.8. The summed E-state index contributed by atoms with van der Waals surface area (Å²) in [5.41, 5.74) is 2.91. The zero-order valence-corrected chi connectivity index (χ0v) is 20.7. The summed E-state index contributed by atoms with van der Waals surface area (Å²) in [6.07, 6.45) is 0. The lowest BCUT2D eigenvalue weighted by Crippen LogP contribution is -2.47. The second-order valence-corrected chi connectivity index (χ2v) is 8.41. The quantitative estimate of drug-likeness (QED) is 0.343. The number of ether oxygens (including phenoxy) is 1. The number of anilines is 2. The van der Waals surface area contributed by atoms with Gasteiger partial charge >= 0.3 is 12.0 Å². The average Bonchev–Trinajstić information content (AvgIpc) is 2.76. The molecule has 0 aliphatic carbocycles. The lowest BCUT2D eigenvalue weighted by atomic mass is 9.94. The van der Waals surface area contributed by atoms with E-state index in [4.69, 9.17) is 40.2 Å². The van der Waals surface area contributed by atoms with Gasteiger partial charge in [-0.25, -0.2) is 9.59 Å². The Hall–Kier alpha value is -2.81. The van der Waals surface area contributed by atoms with Crippen molar-refractivity contribution in [1.29, 1.82) is 0 Å². The molecule has 0 radical (unpaired) electrons. The molecule has 174 valence electrons. The van der Waals surface area contributed by atoms with Crippen LogP contribution in [0.2, 0.25) is 10.0 Å². The Morgan fingerprint density at radius 3 is 2.58 bits per heavy atom. The first-order valence-electron chi connectivity index (χ1n) is 10.3. The van der Waals surface area contributed by atoms with Crippen LogP contribution in [0.25, 0.3) is 0 Å². The van der Waals surface area contributed by atoms with E-state index in [0.717, 1.165) is 11.3 Å². The number of benzene rings is 2. The molecule has 1 heterocycles. The summed E-state index contributed by atoms with van der Waals surface area (Å²) in [7, 11) is 0. The van der Waals surface area contributed by atoms with Gasteiger partial charge in [0.1, 0.15) is 0 Å². The maximum Gasteiger partial charge on any atom is 0.338 e. The van der Waals surface area contributed by atoms with Crippen LogP contribution >= 0.6 is 35.4 Å². The highest BCUT2D eigenvalue weighted by Crippen LogP contribution is 2.32. The summed E-state index contributed by atoms with van der Waals surface area (Å²) in [4.78, 5) is 27.2. The van der Waals surface area contributed by atoms with E-state index < -0.39 is 18.0 Å². The number of amides is 2. The van der Waals surface area contributed by atoms with Crippen LogP contribution in [-0.4, -0.2) is 35.2 Å². The third-order valence-corrected chi connectivity index (χ3v) is 5.95. The van der Waals surface area contributed by atoms with Gasteiger partial charge in [-0.1, -0.05) is 35.3 Å². The second-order valence-electron chi connectivity index (χ2n) is 7.18. The predicted octanol–water partition coefficient (Wildman–Crippen LogP) is 5.73. The molecule has 0 saturated carbocycles. The van der Waals surface area contributed by atoms with E-state index in [1.807, 2.05) is 24.8 Å². The molecule has 0 spiro atoms. The van der Waals surface area contributed by atoms with Crippen LogP contribution in [0.5, 0.6) is 0 Å². The summed E-state index contributed by atoms with van der Waals surface area (Å²) in [5, 5.41) is 10.0. The van der Waals surface area contributed by atoms with Crippen molar-refractivity contribution in [3.05, 3.63) is 69.3 Å². The Morgan fingerprint density at radius 2 is 1.91 bits per heavy atom. The number of hydrogen-bond acceptors (Lipinski definition) is 4. The molecule has 0 fully saturated rings. The fourth-order valence-electron chi connectivity index (χ4n) is 3.56. The van der Waals surface area contributed by atoms with E-state index in [9.17, 15) is 9.59 Å². The van der Waals surface area contributed by atoms with Gasteiger partial charge in [-0.3, -0.25) is 0 Å². The van der Waals surface area contributed by atoms with Gasteiger partial charge < -0.3 is 25.6 Å². The SMILES string of the molecule is CCOC(=O)C1=C(C)N(CC)C(=S)NC1c1cccc(NC(=O)Nc2ccc(Cl)cc2Cl)c1. The Morgan fingerprint density at radius 1 is 1.15 bits per heavy atom. The molecule has 1 aliphatic rings. The van der Waals surface area contributed by atoms with Crippen molar-refractivity contribution in [2.45, 2.75) is 26.8 Å². The molecule has 2 aromatic carbocycles. The maximum absolute atomic E-state index is 12.8. The van der Waals surface area contributed by atoms with Crippen LogP contribution in [0, 0.1) is 0 Å². The summed E-state index contributed by atoms with van der Waals surface area (Å²) in [6, 6.07) is 11.0. The van der Waals surface area contributed by atoms with Crippen molar-refractivity contribution < 1.29 is 14.3 Å². The van der Waals surface area contributed by atoms with E-state index in [1.54, 1.807) is 43.3 Å². The van der Waals surface area contributed by atoms with E-state index >= 15 is 0 Å². The van der Waals surface area contributed by atoms with Crippen LogP contribution in [0.4, 0.5) is 16.2 Å². The Bertz CT molecular complexity index is 1120. The predicted molar refractivity (Wildman–Crippen MR) is 136 cm³/mol. The van der Waals surface area contributed by atoms with Gasteiger partial charge in [0.15, 0.2) is 5.11 Å². The molecular weight excluding hydrogens is 483 g/mol. The van der Waals surface area contributed by atoms with E-state index in [2.05, 4.69) is 16.0 Å². The molecule has 1 atom stereocenters. The van der Waals surface area contributed by atoms with E-state index in [1.165, 1.54) is 0 Å². The number of nitrogens with zero attached hydrogens (tertiary/aromatic N) is 1. The van der Waals surface area contributed by atoms with Gasteiger partial charge in [-0.2, -0.15) is 0 Å². The number of hydrogen-bond donors (Lipinski definition) is 3. The lowest BCUT2D eigenvalue weighted by molar-refractivity contribution is -0.139. The van der Waals surface area contributed by atoms with Crippen molar-refractivity contribution in [3.63, 3.8) is 0 Å². The van der Waals surface area contributed by atoms with E-state index in [-0.39, 0.29) is 6.61 Å². The standard InChI is InChI=1S/C23H24Cl2N4O3S/c1-4-29-13(3)19(21(30)32-5-2)20(28-23(29)33)14-7-6-8-16(11-14)26-22(31)27-18-10-9-15(24)12-17(18)25/h6-12,20H,4-5H2,1-3H3,(H,28,33)(H2,26,27,31). The molecule has 2 amide bonds. The first kappa shape index (κ1) is 24.8. The summed E-state index contributed by atoms with van der Waals surface area (Å²) >= 11 is 17.5. The molecule has 7 nitrogen and oxygen atoms in total. The smallest absolute Gasteiger partial charge is 0.338 e. The van der Waals surface area contributed by atoms with Crippen molar-refractivity contribution >= 4 is 63.9 Å². The highest BCUT2D eigenvalue weighted by atomic mass is 35.5. The fraction of sp³-hybridized carbons (Fsp3) is 0.261. The second kappa shape index (κ2) is 10.9. The molecular formula is C23H24Cl2N4O3S. The number of thiocarbonyl (C=S) groups is 1. The highest BCUT2D eigenvalue weighted by Gasteiger charge is 2.34. The zero-order valence-electron chi connectivity index (χ0n) is 18.4. The van der Waals surface area contributed by atoms with Crippen molar-refractivity contribution in [1.82, 2.24) is 10.2 Å². The number of carbonyl (C=O) groups excluding carboxylic acids is 2. The van der Waals surface area contributed by atoms with E-state index in [0.29, 0.717) is 38.7 Å². The molecule has 0 bridgehead atoms. The summed E-state index contributed by atoms with van der Waals surface area (Å²) < 4.78 is 5.30. The normalized spacial score (nSPS) is 15.7. The van der Waals surface area contributed by atoms with Crippen molar-refractivity contribution in [2.75, 3.05) is 23.8 Å². The molecule has 0 aromatic heterocycles. The Labute approximate surface area is 208 Å². The van der Waals surface area contributed by atoms with Gasteiger partial charge in [0.2, 0.25) is 0 Å². The van der Waals surface area contributed by atoms with Crippen LogP contribution in [-0.2, 0) is 9.53 Å². The minimum absolute atomic E-state index is 0.258. The molecule has 1 aliphatic heterocycles. The number of esters is 1. The van der Waals surface area contributed by atoms with Crippen LogP contribution in [0.1, 0.15) is 32.4 Å². The first-order valence-corrected chi connectivity index (χ1v) is 11.5. The number of carbonyl (C=O) groups is 2. The molecule has 1 unspecified atom stereocenters. The average molecular weight is 507 g/mol.